The summed E-state index contributed by atoms with van der Waals surface area (Å²) >= 11 is 0. The molecular weight excluding hydrogens is 434 g/mol. The van der Waals surface area contributed by atoms with Crippen molar-refractivity contribution in [3.05, 3.63) is 60.6 Å². The number of para-hydroxylation sites is 1. The fourth-order valence-electron chi connectivity index (χ4n) is 4.84. The highest BCUT2D eigenvalue weighted by molar-refractivity contribution is 6.05. The van der Waals surface area contributed by atoms with Crippen molar-refractivity contribution in [3.63, 3.8) is 0 Å². The minimum Gasteiger partial charge on any atom is -0.459 e. The molecule has 1 aromatic carbocycles. The van der Waals surface area contributed by atoms with E-state index in [0.717, 1.165) is 16.6 Å². The van der Waals surface area contributed by atoms with Gasteiger partial charge in [-0.25, -0.2) is 9.59 Å². The van der Waals surface area contributed by atoms with Gasteiger partial charge < -0.3 is 18.8 Å². The van der Waals surface area contributed by atoms with Crippen molar-refractivity contribution >= 4 is 23.0 Å². The lowest BCUT2D eigenvalue weighted by molar-refractivity contribution is -0.106. The summed E-state index contributed by atoms with van der Waals surface area (Å²) in [5.74, 6) is -0.367. The third-order valence-corrected chi connectivity index (χ3v) is 6.21. The second-order valence-electron chi connectivity index (χ2n) is 9.87. The summed E-state index contributed by atoms with van der Waals surface area (Å²) in [6, 6.07) is 11.2. The Balaban J connectivity index is 1.36. The molecule has 2 fully saturated rings. The average Bonchev–Trinajstić information content (AvgIpc) is 3.18. The second-order valence-corrected chi connectivity index (χ2v) is 9.87. The zero-order valence-corrected chi connectivity index (χ0v) is 19.6. The van der Waals surface area contributed by atoms with E-state index in [0.29, 0.717) is 31.6 Å². The van der Waals surface area contributed by atoms with Gasteiger partial charge in [-0.15, -0.1) is 0 Å². The zero-order valence-electron chi connectivity index (χ0n) is 19.6. The van der Waals surface area contributed by atoms with Gasteiger partial charge in [0.15, 0.2) is 0 Å². The first-order valence-electron chi connectivity index (χ1n) is 11.6. The number of hydrogen-bond acceptors (Lipinski definition) is 6. The summed E-state index contributed by atoms with van der Waals surface area (Å²) in [7, 11) is 0. The molecule has 0 N–H and O–H groups in total. The maximum Gasteiger partial charge on any atom is 0.410 e. The SMILES string of the molecule is CC(C)(C)OC(=O)N1C2COCC1CC(OC(=O)c1cn(-c3cccnc3)c3ccccc13)C2. The van der Waals surface area contributed by atoms with Crippen LogP contribution in [0.5, 0.6) is 0 Å². The van der Waals surface area contributed by atoms with Gasteiger partial charge in [-0.05, 0) is 39.0 Å². The highest BCUT2D eigenvalue weighted by atomic mass is 16.6. The molecule has 0 saturated carbocycles. The smallest absolute Gasteiger partial charge is 0.410 e. The number of nitrogens with zero attached hydrogens (tertiary/aromatic N) is 3. The topological polar surface area (TPSA) is 82.9 Å². The van der Waals surface area contributed by atoms with Crippen LogP contribution < -0.4 is 0 Å². The molecule has 34 heavy (non-hydrogen) atoms. The third kappa shape index (κ3) is 4.37. The minimum atomic E-state index is -0.571. The third-order valence-electron chi connectivity index (χ3n) is 6.21. The van der Waals surface area contributed by atoms with Crippen LogP contribution in [-0.4, -0.2) is 63.5 Å². The van der Waals surface area contributed by atoms with Gasteiger partial charge in [0.2, 0.25) is 0 Å². The number of amides is 1. The fourth-order valence-corrected chi connectivity index (χ4v) is 4.84. The van der Waals surface area contributed by atoms with Crippen LogP contribution in [0.1, 0.15) is 44.0 Å². The standard InChI is InChI=1S/C26H29N3O5/c1-26(2,3)34-25(31)29-18-11-20(12-19(29)16-32-15-18)33-24(30)22-14-28(17-7-6-10-27-13-17)23-9-5-4-8-21(22)23/h4-10,13-14,18-20H,11-12,15-16H2,1-3H3. The van der Waals surface area contributed by atoms with E-state index in [1.807, 2.05) is 67.9 Å². The van der Waals surface area contributed by atoms with Crippen LogP contribution in [-0.2, 0) is 14.2 Å². The van der Waals surface area contributed by atoms with Crippen LogP contribution in [0.15, 0.2) is 55.0 Å². The van der Waals surface area contributed by atoms with Crippen LogP contribution in [0.25, 0.3) is 16.6 Å². The van der Waals surface area contributed by atoms with E-state index in [4.69, 9.17) is 14.2 Å². The summed E-state index contributed by atoms with van der Waals surface area (Å²) in [5, 5.41) is 0.825. The van der Waals surface area contributed by atoms with Crippen molar-refractivity contribution in [3.8, 4) is 5.69 Å². The average molecular weight is 464 g/mol. The van der Waals surface area contributed by atoms with Crippen LogP contribution in [0.4, 0.5) is 4.79 Å². The van der Waals surface area contributed by atoms with E-state index >= 15 is 0 Å². The van der Waals surface area contributed by atoms with E-state index in [1.165, 1.54) is 0 Å². The number of carbonyl (C=O) groups is 2. The number of piperidine rings is 1. The Morgan fingerprint density at radius 2 is 1.79 bits per heavy atom. The van der Waals surface area contributed by atoms with E-state index in [1.54, 1.807) is 17.3 Å². The summed E-state index contributed by atoms with van der Waals surface area (Å²) in [6.45, 7) is 6.38. The molecule has 178 valence electrons. The summed E-state index contributed by atoms with van der Waals surface area (Å²) in [4.78, 5) is 32.1. The first-order valence-corrected chi connectivity index (χ1v) is 11.6. The van der Waals surface area contributed by atoms with Crippen molar-refractivity contribution in [1.82, 2.24) is 14.5 Å². The Morgan fingerprint density at radius 3 is 2.47 bits per heavy atom. The number of hydrogen-bond donors (Lipinski definition) is 0. The molecule has 0 radical (unpaired) electrons. The van der Waals surface area contributed by atoms with Crippen LogP contribution >= 0.6 is 0 Å². The second kappa shape index (κ2) is 8.76. The summed E-state index contributed by atoms with van der Waals surface area (Å²) in [5.41, 5.74) is 1.72. The lowest BCUT2D eigenvalue weighted by Crippen LogP contribution is -2.61. The molecule has 2 unspecified atom stereocenters. The molecule has 3 aromatic rings. The molecule has 2 atom stereocenters. The molecule has 2 aliphatic heterocycles. The van der Waals surface area contributed by atoms with Gasteiger partial charge in [0, 0.05) is 30.6 Å². The molecule has 0 aliphatic carbocycles. The number of fused-ring (bicyclic) bond motifs is 3. The normalized spacial score (nSPS) is 22.4. The fraction of sp³-hybridized carbons (Fsp3) is 0.423. The molecular formula is C26H29N3O5. The van der Waals surface area contributed by atoms with Gasteiger partial charge in [-0.3, -0.25) is 9.88 Å². The van der Waals surface area contributed by atoms with Gasteiger partial charge in [-0.2, -0.15) is 0 Å². The van der Waals surface area contributed by atoms with Gasteiger partial charge in [0.25, 0.3) is 0 Å². The molecule has 2 aromatic heterocycles. The monoisotopic (exact) mass is 463 g/mol. The number of aromatic nitrogens is 2. The molecule has 8 nitrogen and oxygen atoms in total. The van der Waals surface area contributed by atoms with E-state index < -0.39 is 5.60 Å². The zero-order chi connectivity index (χ0) is 23.9. The largest absolute Gasteiger partial charge is 0.459 e. The summed E-state index contributed by atoms with van der Waals surface area (Å²) in [6.07, 6.45) is 5.68. The lowest BCUT2D eigenvalue weighted by atomic mass is 9.92. The number of carbonyl (C=O) groups excluding carboxylic acids is 2. The molecule has 1 amide bonds. The predicted octanol–water partition coefficient (Wildman–Crippen LogP) is 4.35. The number of esters is 1. The van der Waals surface area contributed by atoms with E-state index in [2.05, 4.69) is 4.98 Å². The highest BCUT2D eigenvalue weighted by Crippen LogP contribution is 2.32. The molecule has 2 aliphatic rings. The lowest BCUT2D eigenvalue weighted by Gasteiger charge is -2.47. The van der Waals surface area contributed by atoms with Crippen molar-refractivity contribution in [2.75, 3.05) is 13.2 Å². The van der Waals surface area contributed by atoms with E-state index in [9.17, 15) is 9.59 Å². The molecule has 2 bridgehead atoms. The Kier molecular flexibility index (Phi) is 5.77. The number of pyridine rings is 1. The van der Waals surface area contributed by atoms with E-state index in [-0.39, 0.29) is 30.3 Å². The number of morpholine rings is 1. The molecule has 4 heterocycles. The molecule has 5 rings (SSSR count). The Morgan fingerprint density at radius 1 is 1.06 bits per heavy atom. The Hall–Kier alpha value is -3.39. The van der Waals surface area contributed by atoms with Crippen LogP contribution in [0.3, 0.4) is 0 Å². The maximum absolute atomic E-state index is 13.3. The van der Waals surface area contributed by atoms with Crippen LogP contribution in [0.2, 0.25) is 0 Å². The predicted molar refractivity (Wildman–Crippen MR) is 126 cm³/mol. The first kappa shape index (κ1) is 22.4. The van der Waals surface area contributed by atoms with Crippen molar-refractivity contribution in [2.24, 2.45) is 0 Å². The number of benzene rings is 1. The van der Waals surface area contributed by atoms with Crippen LogP contribution in [0, 0.1) is 0 Å². The van der Waals surface area contributed by atoms with Crippen molar-refractivity contribution in [2.45, 2.75) is 57.4 Å². The van der Waals surface area contributed by atoms with Gasteiger partial charge in [-0.1, -0.05) is 18.2 Å². The molecule has 0 spiro atoms. The number of ether oxygens (including phenoxy) is 3. The summed E-state index contributed by atoms with van der Waals surface area (Å²) < 4.78 is 19.3. The van der Waals surface area contributed by atoms with Gasteiger partial charge >= 0.3 is 12.1 Å². The quantitative estimate of drug-likeness (QED) is 0.537. The van der Waals surface area contributed by atoms with Gasteiger partial charge in [0.1, 0.15) is 11.7 Å². The Labute approximate surface area is 198 Å². The molecule has 8 heteroatoms. The van der Waals surface area contributed by atoms with Gasteiger partial charge in [0.05, 0.1) is 48.3 Å². The van der Waals surface area contributed by atoms with Crippen molar-refractivity contribution < 1.29 is 23.8 Å². The van der Waals surface area contributed by atoms with Crippen molar-refractivity contribution in [1.29, 1.82) is 0 Å². The Bertz CT molecular complexity index is 1190. The molecule has 2 saturated heterocycles. The first-order chi connectivity index (χ1) is 16.3. The number of rotatable bonds is 3. The maximum atomic E-state index is 13.3. The minimum absolute atomic E-state index is 0.183. The highest BCUT2D eigenvalue weighted by Gasteiger charge is 2.44.